The number of carbonyl (C=O) groups is 1. The second-order valence-corrected chi connectivity index (χ2v) is 9.96. The van der Waals surface area contributed by atoms with E-state index in [1.807, 2.05) is 42.2 Å². The average molecular weight is 507 g/mol. The third-order valence-corrected chi connectivity index (χ3v) is 6.96. The number of nitrogen functional groups attached to an aromatic ring is 1. The molecule has 0 bridgehead atoms. The molecule has 3 aromatic rings. The van der Waals surface area contributed by atoms with Crippen molar-refractivity contribution in [1.82, 2.24) is 14.8 Å². The summed E-state index contributed by atoms with van der Waals surface area (Å²) in [5.41, 5.74) is 7.80. The molecule has 0 radical (unpaired) electrons. The minimum Gasteiger partial charge on any atom is -0.506 e. The second-order valence-electron chi connectivity index (χ2n) is 9.96. The zero-order valence-corrected chi connectivity index (χ0v) is 22.2. The maximum atomic E-state index is 12.6. The molecule has 4 N–H and O–H groups in total. The molecule has 200 valence electrons. The molecule has 7 heteroatoms. The second kappa shape index (κ2) is 14.5. The zero-order chi connectivity index (χ0) is 26.6. The molecule has 1 aliphatic carbocycles. The number of pyridine rings is 1. The lowest BCUT2D eigenvalue weighted by atomic mass is 10.1. The molecule has 2 fully saturated rings. The molecular weight excluding hydrogens is 464 g/mol. The van der Waals surface area contributed by atoms with Gasteiger partial charge in [0.25, 0.3) is 5.91 Å². The van der Waals surface area contributed by atoms with Gasteiger partial charge in [0, 0.05) is 61.7 Å². The Morgan fingerprint density at radius 1 is 1.05 bits per heavy atom. The van der Waals surface area contributed by atoms with Crippen molar-refractivity contribution in [3.8, 4) is 5.75 Å². The van der Waals surface area contributed by atoms with Gasteiger partial charge in [-0.2, -0.15) is 0 Å². The maximum Gasteiger partial charge on any atom is 0.254 e. The Kier molecular flexibility index (Phi) is 11.2. The van der Waals surface area contributed by atoms with E-state index in [0.717, 1.165) is 42.9 Å². The van der Waals surface area contributed by atoms with Crippen LogP contribution in [-0.4, -0.2) is 69.7 Å². The number of aromatic nitrogens is 1. The number of anilines is 1. The van der Waals surface area contributed by atoms with Crippen molar-refractivity contribution in [2.24, 2.45) is 5.92 Å². The Morgan fingerprint density at radius 2 is 1.73 bits per heavy atom. The molecule has 1 aliphatic heterocycles. The van der Waals surface area contributed by atoms with Crippen molar-refractivity contribution >= 4 is 22.5 Å². The lowest BCUT2D eigenvalue weighted by Crippen LogP contribution is -2.54. The summed E-state index contributed by atoms with van der Waals surface area (Å²) < 4.78 is 0. The summed E-state index contributed by atoms with van der Waals surface area (Å²) >= 11 is 0. The average Bonchev–Trinajstić information content (AvgIpc) is 3.43. The Morgan fingerprint density at radius 3 is 2.35 bits per heavy atom. The summed E-state index contributed by atoms with van der Waals surface area (Å²) in [6.07, 6.45) is 8.12. The van der Waals surface area contributed by atoms with E-state index in [1.165, 1.54) is 32.2 Å². The predicted molar refractivity (Wildman–Crippen MR) is 151 cm³/mol. The number of hydrogen-bond donors (Lipinski definition) is 3. The van der Waals surface area contributed by atoms with Crippen LogP contribution in [0.25, 0.3) is 10.9 Å². The van der Waals surface area contributed by atoms with Crippen LogP contribution < -0.4 is 5.73 Å². The van der Waals surface area contributed by atoms with Gasteiger partial charge in [0.05, 0.1) is 0 Å². The molecule has 1 amide bonds. The van der Waals surface area contributed by atoms with E-state index >= 15 is 0 Å². The van der Waals surface area contributed by atoms with Crippen LogP contribution in [0.1, 0.15) is 56.3 Å². The number of aliphatic hydroxyl groups excluding tert-OH is 1. The van der Waals surface area contributed by atoms with Gasteiger partial charge in [0.2, 0.25) is 0 Å². The molecule has 0 spiro atoms. The molecule has 1 saturated carbocycles. The lowest BCUT2D eigenvalue weighted by Gasteiger charge is -2.40. The molecule has 2 aromatic carbocycles. The minimum absolute atomic E-state index is 0.132. The molecule has 37 heavy (non-hydrogen) atoms. The number of fused-ring (bicyclic) bond motifs is 1. The quantitative estimate of drug-likeness (QED) is 0.434. The smallest absolute Gasteiger partial charge is 0.254 e. The Balaban J connectivity index is 0.000000210. The summed E-state index contributed by atoms with van der Waals surface area (Å²) in [6.45, 7) is 8.46. The minimum atomic E-state index is 0.132. The monoisotopic (exact) mass is 506 g/mol. The number of carbonyl (C=O) groups excluding carboxylic acids is 1. The number of piperazine rings is 1. The van der Waals surface area contributed by atoms with E-state index in [2.05, 4.69) is 16.8 Å². The highest BCUT2D eigenvalue weighted by atomic mass is 16.3. The topological polar surface area (TPSA) is 103 Å². The van der Waals surface area contributed by atoms with E-state index < -0.39 is 0 Å². The first kappa shape index (κ1) is 28.4. The molecule has 1 unspecified atom stereocenters. The van der Waals surface area contributed by atoms with Crippen molar-refractivity contribution in [1.29, 1.82) is 0 Å². The number of para-hydroxylation sites is 1. The van der Waals surface area contributed by atoms with Gasteiger partial charge in [-0.3, -0.25) is 14.7 Å². The molecule has 7 nitrogen and oxygen atoms in total. The van der Waals surface area contributed by atoms with E-state index in [4.69, 9.17) is 10.8 Å². The Labute approximate surface area is 220 Å². The van der Waals surface area contributed by atoms with Crippen molar-refractivity contribution in [2.75, 3.05) is 38.5 Å². The normalized spacial score (nSPS) is 18.0. The van der Waals surface area contributed by atoms with Gasteiger partial charge in [-0.05, 0) is 68.5 Å². The van der Waals surface area contributed by atoms with Crippen molar-refractivity contribution in [3.63, 3.8) is 0 Å². The largest absolute Gasteiger partial charge is 0.506 e. The first-order valence-corrected chi connectivity index (χ1v) is 13.4. The van der Waals surface area contributed by atoms with E-state index in [1.54, 1.807) is 30.5 Å². The number of nitrogens with zero attached hydrogens (tertiary/aromatic N) is 3. The number of aliphatic hydroxyl groups is 1. The van der Waals surface area contributed by atoms with E-state index in [0.29, 0.717) is 17.8 Å². The highest BCUT2D eigenvalue weighted by Gasteiger charge is 2.29. The fraction of sp³-hybridized carbons (Fsp3) is 0.467. The van der Waals surface area contributed by atoms with Crippen molar-refractivity contribution in [3.05, 3.63) is 66.4 Å². The Hall–Kier alpha value is -3.16. The first-order valence-electron chi connectivity index (χ1n) is 13.4. The number of amides is 1. The van der Waals surface area contributed by atoms with Crippen LogP contribution in [0, 0.1) is 5.92 Å². The van der Waals surface area contributed by atoms with Crippen LogP contribution in [-0.2, 0) is 0 Å². The van der Waals surface area contributed by atoms with Gasteiger partial charge in [0.1, 0.15) is 11.3 Å². The maximum absolute atomic E-state index is 12.6. The summed E-state index contributed by atoms with van der Waals surface area (Å²) in [6, 6.07) is 16.7. The third-order valence-electron chi connectivity index (χ3n) is 6.96. The predicted octanol–water partition coefficient (Wildman–Crippen LogP) is 4.93. The molecular formula is C30H42N4O3. The van der Waals surface area contributed by atoms with Gasteiger partial charge < -0.3 is 20.8 Å². The lowest BCUT2D eigenvalue weighted by molar-refractivity contribution is 0.0461. The summed E-state index contributed by atoms with van der Waals surface area (Å²) in [5, 5.41) is 18.1. The van der Waals surface area contributed by atoms with Crippen LogP contribution in [0.4, 0.5) is 5.69 Å². The number of rotatable bonds is 4. The molecule has 5 rings (SSSR count). The number of hydrogen-bond acceptors (Lipinski definition) is 6. The van der Waals surface area contributed by atoms with Gasteiger partial charge in [-0.1, -0.05) is 38.0 Å². The fourth-order valence-electron chi connectivity index (χ4n) is 4.94. The molecule has 2 aliphatic rings. The summed E-state index contributed by atoms with van der Waals surface area (Å²) in [4.78, 5) is 21.2. The van der Waals surface area contributed by atoms with Crippen LogP contribution in [0.2, 0.25) is 0 Å². The number of phenolic OH excluding ortho intramolecular Hbond substituents is 1. The summed E-state index contributed by atoms with van der Waals surface area (Å²) in [7, 11) is 0. The SMILES string of the molecule is CC1CN(CC2CCCC2)CCN1C(=O)c1ccc(N)cc1.CCCO.Oc1cccc2cccnc12. The molecule has 1 aromatic heterocycles. The van der Waals surface area contributed by atoms with Gasteiger partial charge >= 0.3 is 0 Å². The van der Waals surface area contributed by atoms with Gasteiger partial charge in [-0.15, -0.1) is 0 Å². The third kappa shape index (κ3) is 8.44. The molecule has 1 saturated heterocycles. The highest BCUT2D eigenvalue weighted by Crippen LogP contribution is 2.26. The number of benzene rings is 2. The number of aromatic hydroxyl groups is 1. The fourth-order valence-corrected chi connectivity index (χ4v) is 4.94. The van der Waals surface area contributed by atoms with Crippen molar-refractivity contribution in [2.45, 2.75) is 52.0 Å². The molecule has 1 atom stereocenters. The summed E-state index contributed by atoms with van der Waals surface area (Å²) in [5.74, 6) is 1.25. The van der Waals surface area contributed by atoms with Crippen LogP contribution >= 0.6 is 0 Å². The van der Waals surface area contributed by atoms with Gasteiger partial charge in [0.15, 0.2) is 0 Å². The molecule has 2 heterocycles. The standard InChI is InChI=1S/C18H27N3O.C9H7NO.C3H8O/c1-14-12-20(13-15-4-2-3-5-15)10-11-21(14)18(22)16-6-8-17(19)9-7-16;11-8-5-1-3-7-4-2-6-10-9(7)8;1-2-3-4/h6-9,14-15H,2-5,10-13,19H2,1H3;1-6,11H;4H,2-3H2,1H3. The van der Waals surface area contributed by atoms with Crippen LogP contribution in [0.5, 0.6) is 5.75 Å². The van der Waals surface area contributed by atoms with Crippen LogP contribution in [0.3, 0.4) is 0 Å². The first-order chi connectivity index (χ1) is 17.9. The van der Waals surface area contributed by atoms with Gasteiger partial charge in [-0.25, -0.2) is 0 Å². The number of phenols is 1. The Bertz CT molecular complexity index is 1090. The van der Waals surface area contributed by atoms with E-state index in [9.17, 15) is 9.90 Å². The van der Waals surface area contributed by atoms with Crippen LogP contribution in [0.15, 0.2) is 60.8 Å². The zero-order valence-electron chi connectivity index (χ0n) is 22.2. The van der Waals surface area contributed by atoms with Crippen molar-refractivity contribution < 1.29 is 15.0 Å². The van der Waals surface area contributed by atoms with E-state index in [-0.39, 0.29) is 17.7 Å². The highest BCUT2D eigenvalue weighted by molar-refractivity contribution is 5.94. The number of nitrogens with two attached hydrogens (primary N) is 1.